The van der Waals surface area contributed by atoms with Crippen LogP contribution in [0.25, 0.3) is 0 Å². The van der Waals surface area contributed by atoms with E-state index in [1.807, 2.05) is 12.2 Å². The summed E-state index contributed by atoms with van der Waals surface area (Å²) in [7, 11) is 0. The van der Waals surface area contributed by atoms with Crippen LogP contribution in [0.15, 0.2) is 23.8 Å². The molecular formula is C11H10O3. The second-order valence-corrected chi connectivity index (χ2v) is 4.10. The monoisotopic (exact) mass is 190 g/mol. The molecule has 0 unspecified atom stereocenters. The van der Waals surface area contributed by atoms with E-state index in [0.717, 1.165) is 0 Å². The van der Waals surface area contributed by atoms with Crippen LogP contribution in [0.1, 0.15) is 6.92 Å². The smallest absolute Gasteiger partial charge is 0.165 e. The minimum absolute atomic E-state index is 0.0453. The lowest BCUT2D eigenvalue weighted by Crippen LogP contribution is -2.39. The zero-order chi connectivity index (χ0) is 9.87. The van der Waals surface area contributed by atoms with Crippen LogP contribution in [-0.4, -0.2) is 23.8 Å². The maximum atomic E-state index is 11.8. The minimum atomic E-state index is -0.249. The van der Waals surface area contributed by atoms with E-state index in [1.165, 1.54) is 6.08 Å². The van der Waals surface area contributed by atoms with Crippen molar-refractivity contribution in [2.45, 2.75) is 19.1 Å². The van der Waals surface area contributed by atoms with Crippen LogP contribution >= 0.6 is 0 Å². The van der Waals surface area contributed by atoms with Crippen molar-refractivity contribution in [1.29, 1.82) is 0 Å². The molecule has 0 aromatic carbocycles. The third-order valence-electron chi connectivity index (χ3n) is 3.28. The molecule has 0 radical (unpaired) electrons. The molecule has 2 bridgehead atoms. The molecular weight excluding hydrogens is 180 g/mol. The van der Waals surface area contributed by atoms with Crippen molar-refractivity contribution in [3.63, 3.8) is 0 Å². The molecule has 0 spiro atoms. The molecule has 0 aromatic rings. The van der Waals surface area contributed by atoms with Gasteiger partial charge < -0.3 is 4.74 Å². The summed E-state index contributed by atoms with van der Waals surface area (Å²) in [6.07, 6.45) is 4.93. The number of Topliss-reactive ketones (excluding diaryl/α,β-unsaturated/α-hetero) is 1. The molecule has 1 fully saturated rings. The maximum absolute atomic E-state index is 11.8. The van der Waals surface area contributed by atoms with Crippen LogP contribution in [0.3, 0.4) is 0 Å². The topological polar surface area (TPSA) is 43.4 Å². The summed E-state index contributed by atoms with van der Waals surface area (Å²) in [6, 6.07) is 0. The summed E-state index contributed by atoms with van der Waals surface area (Å²) >= 11 is 0. The van der Waals surface area contributed by atoms with Crippen LogP contribution in [0.2, 0.25) is 0 Å². The van der Waals surface area contributed by atoms with Gasteiger partial charge in [-0.25, -0.2) is 0 Å². The Morgan fingerprint density at radius 2 is 1.79 bits per heavy atom. The Morgan fingerprint density at radius 3 is 2.50 bits per heavy atom. The van der Waals surface area contributed by atoms with Gasteiger partial charge in [0.05, 0.1) is 24.0 Å². The molecule has 3 nitrogen and oxygen atoms in total. The normalized spacial score (nSPS) is 44.2. The Balaban J connectivity index is 2.10. The molecule has 1 saturated heterocycles. The fourth-order valence-electron chi connectivity index (χ4n) is 2.60. The van der Waals surface area contributed by atoms with E-state index < -0.39 is 0 Å². The molecule has 72 valence electrons. The second-order valence-electron chi connectivity index (χ2n) is 4.10. The first-order valence-electron chi connectivity index (χ1n) is 4.78. The summed E-state index contributed by atoms with van der Waals surface area (Å²) in [4.78, 5) is 23.5. The van der Waals surface area contributed by atoms with Gasteiger partial charge >= 0.3 is 0 Å². The van der Waals surface area contributed by atoms with Gasteiger partial charge in [-0.3, -0.25) is 9.59 Å². The van der Waals surface area contributed by atoms with Gasteiger partial charge in [-0.2, -0.15) is 0 Å². The number of rotatable bonds is 0. The summed E-state index contributed by atoms with van der Waals surface area (Å²) in [5, 5.41) is 0. The van der Waals surface area contributed by atoms with Crippen LogP contribution in [0.5, 0.6) is 0 Å². The number of fused-ring (bicyclic) bond motifs is 5. The average Bonchev–Trinajstić information content (AvgIpc) is 2.73. The van der Waals surface area contributed by atoms with Crippen molar-refractivity contribution >= 4 is 11.6 Å². The van der Waals surface area contributed by atoms with E-state index in [-0.39, 0.29) is 35.6 Å². The lowest BCUT2D eigenvalue weighted by molar-refractivity contribution is -0.128. The molecule has 2 aliphatic heterocycles. The molecule has 0 N–H and O–H groups in total. The third kappa shape index (κ3) is 0.805. The Bertz CT molecular complexity index is 391. The first kappa shape index (κ1) is 8.12. The number of carbonyl (C=O) groups excluding carboxylic acids is 2. The zero-order valence-corrected chi connectivity index (χ0v) is 7.77. The van der Waals surface area contributed by atoms with Crippen LogP contribution in [0, 0.1) is 11.8 Å². The van der Waals surface area contributed by atoms with Crippen LogP contribution in [-0.2, 0) is 14.3 Å². The first-order chi connectivity index (χ1) is 6.68. The van der Waals surface area contributed by atoms with E-state index in [9.17, 15) is 9.59 Å². The lowest BCUT2D eigenvalue weighted by atomic mass is 9.72. The molecule has 0 saturated carbocycles. The quantitative estimate of drug-likeness (QED) is 0.527. The Morgan fingerprint density at radius 1 is 1.14 bits per heavy atom. The highest BCUT2D eigenvalue weighted by Crippen LogP contribution is 2.43. The van der Waals surface area contributed by atoms with E-state index >= 15 is 0 Å². The number of hydrogen-bond donors (Lipinski definition) is 0. The van der Waals surface area contributed by atoms with Gasteiger partial charge in [0, 0.05) is 0 Å². The second kappa shape index (κ2) is 2.42. The predicted octanol–water partition coefficient (Wildman–Crippen LogP) is 0.654. The molecule has 4 atom stereocenters. The molecule has 2 heterocycles. The number of ether oxygens (including phenoxy) is 1. The largest absolute Gasteiger partial charge is 0.365 e. The van der Waals surface area contributed by atoms with Crippen molar-refractivity contribution in [2.24, 2.45) is 11.8 Å². The highest BCUT2D eigenvalue weighted by molar-refractivity contribution is 6.11. The Hall–Kier alpha value is -1.22. The van der Waals surface area contributed by atoms with Crippen molar-refractivity contribution in [2.75, 3.05) is 0 Å². The van der Waals surface area contributed by atoms with Gasteiger partial charge in [0.1, 0.15) is 0 Å². The van der Waals surface area contributed by atoms with Crippen LogP contribution < -0.4 is 0 Å². The fraction of sp³-hybridized carbons (Fsp3) is 0.455. The zero-order valence-electron chi connectivity index (χ0n) is 7.77. The van der Waals surface area contributed by atoms with Gasteiger partial charge in [-0.1, -0.05) is 12.2 Å². The SMILES string of the molecule is CC1=CC(=O)[C@@H]2[C@H](C1=O)[C@@H]1C=C[C@H]2O1. The van der Waals surface area contributed by atoms with E-state index in [0.29, 0.717) is 5.57 Å². The van der Waals surface area contributed by atoms with E-state index in [1.54, 1.807) is 6.92 Å². The van der Waals surface area contributed by atoms with Gasteiger partial charge in [-0.15, -0.1) is 0 Å². The number of allylic oxidation sites excluding steroid dienone is 2. The van der Waals surface area contributed by atoms with Gasteiger partial charge in [0.2, 0.25) is 0 Å². The van der Waals surface area contributed by atoms with Gasteiger partial charge in [0.15, 0.2) is 11.6 Å². The fourth-order valence-corrected chi connectivity index (χ4v) is 2.60. The minimum Gasteiger partial charge on any atom is -0.365 e. The maximum Gasteiger partial charge on any atom is 0.165 e. The van der Waals surface area contributed by atoms with Gasteiger partial charge in [-0.05, 0) is 18.6 Å². The van der Waals surface area contributed by atoms with Crippen molar-refractivity contribution in [3.05, 3.63) is 23.8 Å². The average molecular weight is 190 g/mol. The molecule has 0 aromatic heterocycles. The molecule has 0 amide bonds. The molecule has 1 aliphatic carbocycles. The summed E-state index contributed by atoms with van der Waals surface area (Å²) < 4.78 is 5.52. The summed E-state index contributed by atoms with van der Waals surface area (Å²) in [6.45, 7) is 1.70. The number of carbonyl (C=O) groups is 2. The standard InChI is InChI=1S/C11H10O3/c1-5-4-6(12)9-7-2-3-8(14-7)10(9)11(5)13/h2-4,7-10H,1H3/t7-,8+,9+,10-/m1/s1. The number of hydrogen-bond acceptors (Lipinski definition) is 3. The summed E-state index contributed by atoms with van der Waals surface area (Å²) in [5.74, 6) is -0.376. The Labute approximate surface area is 81.4 Å². The van der Waals surface area contributed by atoms with Gasteiger partial charge in [0.25, 0.3) is 0 Å². The molecule has 3 rings (SSSR count). The Kier molecular flexibility index (Phi) is 1.40. The number of ketones is 2. The highest BCUT2D eigenvalue weighted by atomic mass is 16.5. The van der Waals surface area contributed by atoms with Crippen molar-refractivity contribution < 1.29 is 14.3 Å². The highest BCUT2D eigenvalue weighted by Gasteiger charge is 2.53. The third-order valence-corrected chi connectivity index (χ3v) is 3.28. The van der Waals surface area contributed by atoms with Crippen LogP contribution in [0.4, 0.5) is 0 Å². The molecule has 14 heavy (non-hydrogen) atoms. The first-order valence-corrected chi connectivity index (χ1v) is 4.78. The van der Waals surface area contributed by atoms with Crippen molar-refractivity contribution in [3.8, 4) is 0 Å². The van der Waals surface area contributed by atoms with E-state index in [2.05, 4.69) is 0 Å². The van der Waals surface area contributed by atoms with Crippen molar-refractivity contribution in [1.82, 2.24) is 0 Å². The molecule has 3 heteroatoms. The van der Waals surface area contributed by atoms with E-state index in [4.69, 9.17) is 4.74 Å². The molecule has 3 aliphatic rings. The predicted molar refractivity (Wildman–Crippen MR) is 48.6 cm³/mol. The lowest BCUT2D eigenvalue weighted by Gasteiger charge is -2.25. The summed E-state index contributed by atoms with van der Waals surface area (Å²) in [5.41, 5.74) is 0.570.